The van der Waals surface area contributed by atoms with E-state index in [-0.39, 0.29) is 23.0 Å². The number of carbonyl (C=O) groups is 2. The summed E-state index contributed by atoms with van der Waals surface area (Å²) in [4.78, 5) is 24.5. The SMILES string of the molecule is Cc1nn(Cc2ccccc2Cl)c(Cl)c1C(=O)OCC(=O)Nc1ccccc1C(F)(F)F. The molecule has 0 spiro atoms. The molecule has 0 atom stereocenters. The van der Waals surface area contributed by atoms with Gasteiger partial charge in [0.25, 0.3) is 5.91 Å². The molecule has 0 aliphatic rings. The molecule has 0 saturated carbocycles. The molecule has 1 heterocycles. The number of nitrogens with zero attached hydrogens (tertiary/aromatic N) is 2. The van der Waals surface area contributed by atoms with Crippen molar-refractivity contribution in [3.05, 3.63) is 81.1 Å². The average Bonchev–Trinajstić information content (AvgIpc) is 3.00. The molecule has 168 valence electrons. The van der Waals surface area contributed by atoms with Gasteiger partial charge in [0.2, 0.25) is 0 Å². The standard InChI is InChI=1S/C21H16Cl2F3N3O3/c1-12-18(19(23)29(28-12)10-13-6-2-4-8-15(13)22)20(31)32-11-17(30)27-16-9-5-3-7-14(16)21(24,25)26/h2-9H,10-11H2,1H3,(H,27,30). The fourth-order valence-electron chi connectivity index (χ4n) is 2.91. The summed E-state index contributed by atoms with van der Waals surface area (Å²) in [5.74, 6) is -1.87. The van der Waals surface area contributed by atoms with Crippen LogP contribution in [0.3, 0.4) is 0 Å². The van der Waals surface area contributed by atoms with E-state index in [0.29, 0.717) is 5.02 Å². The zero-order valence-electron chi connectivity index (χ0n) is 16.5. The Labute approximate surface area is 190 Å². The van der Waals surface area contributed by atoms with Crippen LogP contribution in [0.25, 0.3) is 0 Å². The lowest BCUT2D eigenvalue weighted by atomic mass is 10.1. The van der Waals surface area contributed by atoms with Crippen LogP contribution < -0.4 is 5.32 Å². The monoisotopic (exact) mass is 485 g/mol. The molecule has 0 aliphatic heterocycles. The first-order chi connectivity index (χ1) is 15.1. The van der Waals surface area contributed by atoms with Gasteiger partial charge in [-0.05, 0) is 30.7 Å². The predicted molar refractivity (Wildman–Crippen MR) is 113 cm³/mol. The second-order valence-electron chi connectivity index (χ2n) is 6.67. The van der Waals surface area contributed by atoms with E-state index in [1.807, 2.05) is 0 Å². The van der Waals surface area contributed by atoms with Gasteiger partial charge < -0.3 is 10.1 Å². The van der Waals surface area contributed by atoms with Crippen molar-refractivity contribution in [3.63, 3.8) is 0 Å². The second-order valence-corrected chi connectivity index (χ2v) is 7.43. The highest BCUT2D eigenvalue weighted by Gasteiger charge is 2.33. The fourth-order valence-corrected chi connectivity index (χ4v) is 3.41. The van der Waals surface area contributed by atoms with E-state index in [1.165, 1.54) is 23.7 Å². The highest BCUT2D eigenvalue weighted by molar-refractivity contribution is 6.33. The number of amides is 1. The molecule has 1 amide bonds. The van der Waals surface area contributed by atoms with Crippen molar-refractivity contribution < 1.29 is 27.5 Å². The average molecular weight is 486 g/mol. The third-order valence-electron chi connectivity index (χ3n) is 4.39. The number of aryl methyl sites for hydroxylation is 1. The van der Waals surface area contributed by atoms with Crippen molar-refractivity contribution in [1.82, 2.24) is 9.78 Å². The van der Waals surface area contributed by atoms with Gasteiger partial charge in [-0.15, -0.1) is 0 Å². The highest BCUT2D eigenvalue weighted by atomic mass is 35.5. The number of aromatic nitrogens is 2. The Kier molecular flexibility index (Phi) is 7.10. The number of alkyl halides is 3. The number of benzene rings is 2. The van der Waals surface area contributed by atoms with Crippen LogP contribution >= 0.6 is 23.2 Å². The zero-order chi connectivity index (χ0) is 23.5. The molecule has 11 heteroatoms. The van der Waals surface area contributed by atoms with Gasteiger partial charge >= 0.3 is 12.1 Å². The van der Waals surface area contributed by atoms with Gasteiger partial charge in [-0.3, -0.25) is 4.79 Å². The molecule has 3 aromatic rings. The van der Waals surface area contributed by atoms with Gasteiger partial charge in [-0.1, -0.05) is 53.5 Å². The summed E-state index contributed by atoms with van der Waals surface area (Å²) < 4.78 is 45.4. The van der Waals surface area contributed by atoms with Crippen molar-refractivity contribution in [2.75, 3.05) is 11.9 Å². The largest absolute Gasteiger partial charge is 0.452 e. The Morgan fingerprint density at radius 2 is 1.75 bits per heavy atom. The van der Waals surface area contributed by atoms with Crippen LogP contribution in [-0.4, -0.2) is 28.3 Å². The maximum absolute atomic E-state index is 13.0. The van der Waals surface area contributed by atoms with Gasteiger partial charge in [0.1, 0.15) is 10.7 Å². The van der Waals surface area contributed by atoms with Crippen molar-refractivity contribution in [1.29, 1.82) is 0 Å². The van der Waals surface area contributed by atoms with Crippen LogP contribution in [0.5, 0.6) is 0 Å². The molecule has 1 aromatic heterocycles. The molecule has 0 radical (unpaired) electrons. The van der Waals surface area contributed by atoms with Crippen LogP contribution in [0.2, 0.25) is 10.2 Å². The van der Waals surface area contributed by atoms with Crippen molar-refractivity contribution >= 4 is 40.8 Å². The molecule has 6 nitrogen and oxygen atoms in total. The number of rotatable bonds is 6. The Balaban J connectivity index is 1.68. The van der Waals surface area contributed by atoms with Gasteiger partial charge in [0, 0.05) is 5.02 Å². The molecule has 0 saturated heterocycles. The first-order valence-electron chi connectivity index (χ1n) is 9.17. The van der Waals surface area contributed by atoms with Gasteiger partial charge in [0.05, 0.1) is 23.5 Å². The summed E-state index contributed by atoms with van der Waals surface area (Å²) in [5.41, 5.74) is -0.527. The van der Waals surface area contributed by atoms with E-state index in [9.17, 15) is 22.8 Å². The number of hydrogen-bond donors (Lipinski definition) is 1. The lowest BCUT2D eigenvalue weighted by molar-refractivity contribution is -0.137. The minimum Gasteiger partial charge on any atom is -0.452 e. The van der Waals surface area contributed by atoms with E-state index in [4.69, 9.17) is 27.9 Å². The van der Waals surface area contributed by atoms with Crippen LogP contribution in [0.1, 0.15) is 27.2 Å². The smallest absolute Gasteiger partial charge is 0.418 e. The first kappa shape index (κ1) is 23.6. The minimum absolute atomic E-state index is 0.0183. The minimum atomic E-state index is -4.65. The van der Waals surface area contributed by atoms with Crippen molar-refractivity contribution in [2.24, 2.45) is 0 Å². The Morgan fingerprint density at radius 1 is 1.09 bits per heavy atom. The third kappa shape index (κ3) is 5.41. The summed E-state index contributed by atoms with van der Waals surface area (Å²) >= 11 is 12.4. The number of esters is 1. The molecule has 2 aromatic carbocycles. The molecule has 0 unspecified atom stereocenters. The highest BCUT2D eigenvalue weighted by Crippen LogP contribution is 2.34. The first-order valence-corrected chi connectivity index (χ1v) is 9.93. The predicted octanol–water partition coefficient (Wildman–Crippen LogP) is 5.36. The van der Waals surface area contributed by atoms with E-state index in [1.54, 1.807) is 24.3 Å². The summed E-state index contributed by atoms with van der Waals surface area (Å²) in [6.45, 7) is 0.920. The van der Waals surface area contributed by atoms with Crippen LogP contribution in [0.15, 0.2) is 48.5 Å². The third-order valence-corrected chi connectivity index (χ3v) is 5.14. The van der Waals surface area contributed by atoms with Crippen LogP contribution in [0, 0.1) is 6.92 Å². The van der Waals surface area contributed by atoms with Gasteiger partial charge in [-0.25, -0.2) is 9.48 Å². The summed E-state index contributed by atoms with van der Waals surface area (Å²) in [6.07, 6.45) is -4.65. The van der Waals surface area contributed by atoms with E-state index < -0.39 is 35.9 Å². The molecule has 1 N–H and O–H groups in total. The van der Waals surface area contributed by atoms with E-state index >= 15 is 0 Å². The van der Waals surface area contributed by atoms with E-state index in [0.717, 1.165) is 17.7 Å². The fraction of sp³-hybridized carbons (Fsp3) is 0.190. The molecule has 0 fully saturated rings. The molecule has 32 heavy (non-hydrogen) atoms. The number of para-hydroxylation sites is 1. The number of anilines is 1. The maximum atomic E-state index is 13.0. The topological polar surface area (TPSA) is 73.2 Å². The number of halogens is 5. The van der Waals surface area contributed by atoms with E-state index in [2.05, 4.69) is 10.4 Å². The molecule has 0 bridgehead atoms. The maximum Gasteiger partial charge on any atom is 0.418 e. The van der Waals surface area contributed by atoms with Crippen molar-refractivity contribution in [3.8, 4) is 0 Å². The number of hydrogen-bond acceptors (Lipinski definition) is 4. The second kappa shape index (κ2) is 9.62. The normalized spacial score (nSPS) is 11.3. The van der Waals surface area contributed by atoms with Gasteiger partial charge in [0.15, 0.2) is 6.61 Å². The summed E-state index contributed by atoms with van der Waals surface area (Å²) in [7, 11) is 0. The number of ether oxygens (including phenoxy) is 1. The molecule has 3 rings (SSSR count). The summed E-state index contributed by atoms with van der Waals surface area (Å²) in [5, 5.41) is 6.77. The van der Waals surface area contributed by atoms with Crippen LogP contribution in [-0.2, 0) is 22.3 Å². The molecular weight excluding hydrogens is 470 g/mol. The Bertz CT molecular complexity index is 1160. The number of nitrogens with one attached hydrogen (secondary N) is 1. The number of carbonyl (C=O) groups excluding carboxylic acids is 2. The Hall–Kier alpha value is -3.04. The van der Waals surface area contributed by atoms with Gasteiger partial charge in [-0.2, -0.15) is 18.3 Å². The van der Waals surface area contributed by atoms with Crippen LogP contribution in [0.4, 0.5) is 18.9 Å². The quantitative estimate of drug-likeness (QED) is 0.477. The molecular formula is C21H16Cl2F3N3O3. The molecule has 0 aliphatic carbocycles. The van der Waals surface area contributed by atoms with Crippen molar-refractivity contribution in [2.45, 2.75) is 19.6 Å². The lowest BCUT2D eigenvalue weighted by Crippen LogP contribution is -2.23. The zero-order valence-corrected chi connectivity index (χ0v) is 18.1. The summed E-state index contributed by atoms with van der Waals surface area (Å²) in [6, 6.07) is 11.5. The Morgan fingerprint density at radius 3 is 2.44 bits per heavy atom. The lowest BCUT2D eigenvalue weighted by Gasteiger charge is -2.13.